The summed E-state index contributed by atoms with van der Waals surface area (Å²) < 4.78 is 5.09. The van der Waals surface area contributed by atoms with Gasteiger partial charge in [-0.05, 0) is 36.7 Å². The number of halogens is 1. The highest BCUT2D eigenvalue weighted by Crippen LogP contribution is 2.28. The van der Waals surface area contributed by atoms with E-state index in [-0.39, 0.29) is 28.7 Å². The number of nitrogens with zero attached hydrogens (tertiary/aromatic N) is 1. The minimum Gasteiger partial charge on any atom is -0.508 e. The fourth-order valence-electron chi connectivity index (χ4n) is 1.83. The smallest absolute Gasteiger partial charge is 0.289 e. The second-order valence-corrected chi connectivity index (χ2v) is 4.63. The molecule has 0 saturated heterocycles. The van der Waals surface area contributed by atoms with E-state index in [0.717, 1.165) is 0 Å². The number of benzene rings is 1. The first kappa shape index (κ1) is 13.5. The molecule has 1 atom stereocenters. The predicted molar refractivity (Wildman–Crippen MR) is 72.3 cm³/mol. The number of furan rings is 1. The van der Waals surface area contributed by atoms with Crippen LogP contribution in [0.15, 0.2) is 40.8 Å². The maximum atomic E-state index is 12.2. The summed E-state index contributed by atoms with van der Waals surface area (Å²) in [5.74, 6) is 0.0459. The minimum atomic E-state index is -0.289. The van der Waals surface area contributed by atoms with Crippen LogP contribution in [0.2, 0.25) is 5.22 Å². The summed E-state index contributed by atoms with van der Waals surface area (Å²) in [6.45, 7) is 1.83. The number of phenols is 1. The molecule has 0 aliphatic carbocycles. The van der Waals surface area contributed by atoms with Gasteiger partial charge in [0, 0.05) is 12.6 Å². The molecule has 2 rings (SSSR count). The Labute approximate surface area is 116 Å². The fraction of sp³-hybridized carbons (Fsp3) is 0.214. The highest BCUT2D eigenvalue weighted by molar-refractivity contribution is 6.29. The van der Waals surface area contributed by atoms with Gasteiger partial charge in [0.15, 0.2) is 11.0 Å². The molecule has 0 saturated carbocycles. The summed E-state index contributed by atoms with van der Waals surface area (Å²) in [5.41, 5.74) is 0.677. The zero-order chi connectivity index (χ0) is 14.0. The summed E-state index contributed by atoms with van der Waals surface area (Å²) >= 11 is 5.65. The van der Waals surface area contributed by atoms with Crippen molar-refractivity contribution in [3.8, 4) is 5.75 Å². The molecule has 1 aromatic heterocycles. The lowest BCUT2D eigenvalue weighted by Gasteiger charge is -2.25. The Kier molecular flexibility index (Phi) is 3.81. The van der Waals surface area contributed by atoms with Crippen LogP contribution < -0.4 is 0 Å². The predicted octanol–water partition coefficient (Wildman–Crippen LogP) is 3.47. The molecule has 1 heterocycles. The van der Waals surface area contributed by atoms with Gasteiger partial charge in [0.25, 0.3) is 5.91 Å². The molecule has 0 aliphatic heterocycles. The molecule has 19 heavy (non-hydrogen) atoms. The standard InChI is InChI=1S/C14H14ClNO3/c1-9(10-5-3-4-6-11(10)17)16(2)14(18)12-7-8-13(15)19-12/h3-9,17H,1-2H3. The van der Waals surface area contributed by atoms with Crippen molar-refractivity contribution in [1.82, 2.24) is 4.90 Å². The van der Waals surface area contributed by atoms with Crippen LogP contribution in [0.4, 0.5) is 0 Å². The lowest BCUT2D eigenvalue weighted by atomic mass is 10.1. The monoisotopic (exact) mass is 279 g/mol. The van der Waals surface area contributed by atoms with Crippen LogP contribution in [0.1, 0.15) is 29.1 Å². The van der Waals surface area contributed by atoms with Gasteiger partial charge in [-0.2, -0.15) is 0 Å². The number of rotatable bonds is 3. The molecular formula is C14H14ClNO3. The summed E-state index contributed by atoms with van der Waals surface area (Å²) in [5, 5.41) is 9.98. The van der Waals surface area contributed by atoms with Crippen molar-refractivity contribution in [2.45, 2.75) is 13.0 Å². The van der Waals surface area contributed by atoms with Crippen molar-refractivity contribution < 1.29 is 14.3 Å². The van der Waals surface area contributed by atoms with Crippen LogP contribution >= 0.6 is 11.6 Å². The molecule has 1 N–H and O–H groups in total. The average Bonchev–Trinajstić information content (AvgIpc) is 2.83. The first-order valence-corrected chi connectivity index (χ1v) is 6.19. The van der Waals surface area contributed by atoms with Crippen LogP contribution in [-0.4, -0.2) is 23.0 Å². The Morgan fingerprint density at radius 1 is 1.32 bits per heavy atom. The Morgan fingerprint density at radius 2 is 2.00 bits per heavy atom. The van der Waals surface area contributed by atoms with E-state index in [2.05, 4.69) is 0 Å². The van der Waals surface area contributed by atoms with Crippen LogP contribution in [-0.2, 0) is 0 Å². The Balaban J connectivity index is 2.22. The number of para-hydroxylation sites is 1. The van der Waals surface area contributed by atoms with Crippen molar-refractivity contribution in [2.75, 3.05) is 7.05 Å². The van der Waals surface area contributed by atoms with E-state index in [1.54, 1.807) is 25.2 Å². The van der Waals surface area contributed by atoms with E-state index < -0.39 is 0 Å². The highest BCUT2D eigenvalue weighted by Gasteiger charge is 2.23. The first-order valence-electron chi connectivity index (χ1n) is 5.81. The lowest BCUT2D eigenvalue weighted by Crippen LogP contribution is -2.29. The largest absolute Gasteiger partial charge is 0.508 e. The number of hydrogen-bond acceptors (Lipinski definition) is 3. The third-order valence-electron chi connectivity index (χ3n) is 3.07. The lowest BCUT2D eigenvalue weighted by molar-refractivity contribution is 0.0709. The zero-order valence-electron chi connectivity index (χ0n) is 10.6. The maximum Gasteiger partial charge on any atom is 0.289 e. The van der Waals surface area contributed by atoms with Gasteiger partial charge in [0.1, 0.15) is 5.75 Å². The van der Waals surface area contributed by atoms with E-state index in [9.17, 15) is 9.90 Å². The van der Waals surface area contributed by atoms with E-state index in [1.165, 1.54) is 17.0 Å². The molecule has 4 nitrogen and oxygen atoms in total. The van der Waals surface area contributed by atoms with E-state index >= 15 is 0 Å². The Hall–Kier alpha value is -1.94. The third kappa shape index (κ3) is 2.74. The quantitative estimate of drug-likeness (QED) is 0.936. The highest BCUT2D eigenvalue weighted by atomic mass is 35.5. The molecular weight excluding hydrogens is 266 g/mol. The second kappa shape index (κ2) is 5.36. The molecule has 1 aromatic carbocycles. The Morgan fingerprint density at radius 3 is 2.58 bits per heavy atom. The SMILES string of the molecule is CC(c1ccccc1O)N(C)C(=O)c1ccc(Cl)o1. The van der Waals surface area contributed by atoms with Gasteiger partial charge in [0.05, 0.1) is 6.04 Å². The van der Waals surface area contributed by atoms with Gasteiger partial charge in [0.2, 0.25) is 0 Å². The normalized spacial score (nSPS) is 12.2. The number of carbonyl (C=O) groups excluding carboxylic acids is 1. The summed E-state index contributed by atoms with van der Waals surface area (Å²) in [4.78, 5) is 13.7. The van der Waals surface area contributed by atoms with Gasteiger partial charge >= 0.3 is 0 Å². The minimum absolute atomic E-state index is 0.159. The van der Waals surface area contributed by atoms with E-state index in [4.69, 9.17) is 16.0 Å². The van der Waals surface area contributed by atoms with Gasteiger partial charge in [-0.3, -0.25) is 4.79 Å². The number of amides is 1. The molecule has 0 spiro atoms. The van der Waals surface area contributed by atoms with Crippen molar-refractivity contribution in [3.05, 3.63) is 52.9 Å². The molecule has 1 amide bonds. The summed E-state index contributed by atoms with van der Waals surface area (Å²) in [6, 6.07) is 9.68. The van der Waals surface area contributed by atoms with Crippen LogP contribution in [0.25, 0.3) is 0 Å². The van der Waals surface area contributed by atoms with Crippen molar-refractivity contribution in [1.29, 1.82) is 0 Å². The number of aromatic hydroxyl groups is 1. The first-order chi connectivity index (χ1) is 9.00. The van der Waals surface area contributed by atoms with Gasteiger partial charge in [-0.25, -0.2) is 0 Å². The third-order valence-corrected chi connectivity index (χ3v) is 3.28. The van der Waals surface area contributed by atoms with E-state index in [1.807, 2.05) is 13.0 Å². The van der Waals surface area contributed by atoms with Crippen molar-refractivity contribution in [2.24, 2.45) is 0 Å². The second-order valence-electron chi connectivity index (χ2n) is 4.25. The fourth-order valence-corrected chi connectivity index (χ4v) is 1.97. The topological polar surface area (TPSA) is 53.7 Å². The molecule has 0 fully saturated rings. The number of phenolic OH excluding ortho intramolecular Hbond substituents is 1. The molecule has 0 bridgehead atoms. The van der Waals surface area contributed by atoms with Crippen molar-refractivity contribution >= 4 is 17.5 Å². The van der Waals surface area contributed by atoms with Gasteiger partial charge in [-0.15, -0.1) is 0 Å². The van der Waals surface area contributed by atoms with Crippen LogP contribution in [0, 0.1) is 0 Å². The molecule has 0 aliphatic rings. The van der Waals surface area contributed by atoms with Crippen molar-refractivity contribution in [3.63, 3.8) is 0 Å². The van der Waals surface area contributed by atoms with E-state index in [0.29, 0.717) is 5.56 Å². The number of carbonyl (C=O) groups is 1. The average molecular weight is 280 g/mol. The summed E-state index contributed by atoms with van der Waals surface area (Å²) in [7, 11) is 1.65. The number of hydrogen-bond donors (Lipinski definition) is 1. The molecule has 0 radical (unpaired) electrons. The van der Waals surface area contributed by atoms with Gasteiger partial charge in [-0.1, -0.05) is 18.2 Å². The Bertz CT molecular complexity index is 594. The maximum absolute atomic E-state index is 12.2. The molecule has 5 heteroatoms. The van der Waals surface area contributed by atoms with Crippen LogP contribution in [0.3, 0.4) is 0 Å². The summed E-state index contributed by atoms with van der Waals surface area (Å²) in [6.07, 6.45) is 0. The zero-order valence-corrected chi connectivity index (χ0v) is 11.4. The molecule has 100 valence electrons. The molecule has 1 unspecified atom stereocenters. The van der Waals surface area contributed by atoms with Gasteiger partial charge < -0.3 is 14.4 Å². The van der Waals surface area contributed by atoms with Crippen LogP contribution in [0.5, 0.6) is 5.75 Å². The molecule has 2 aromatic rings.